The quantitative estimate of drug-likeness (QED) is 0.763. The maximum Gasteiger partial charge on any atom is 0.211 e. The van der Waals surface area contributed by atoms with E-state index in [2.05, 4.69) is 21.1 Å². The highest BCUT2D eigenvalue weighted by molar-refractivity contribution is 7.89. The summed E-state index contributed by atoms with van der Waals surface area (Å²) in [6, 6.07) is 2.17. The molecule has 5 nitrogen and oxygen atoms in total. The molecule has 2 N–H and O–H groups in total. The normalized spacial score (nSPS) is 13.4. The Kier molecular flexibility index (Phi) is 6.58. The first-order chi connectivity index (χ1) is 9.34. The van der Waals surface area contributed by atoms with Crippen LogP contribution in [0.2, 0.25) is 0 Å². The van der Waals surface area contributed by atoms with Gasteiger partial charge in [-0.3, -0.25) is 4.98 Å². The Morgan fingerprint density at radius 3 is 2.65 bits per heavy atom. The zero-order chi connectivity index (χ0) is 15.2. The van der Waals surface area contributed by atoms with Gasteiger partial charge in [0.05, 0.1) is 5.75 Å². The molecule has 114 valence electrons. The van der Waals surface area contributed by atoms with Gasteiger partial charge in [0.25, 0.3) is 0 Å². The summed E-state index contributed by atoms with van der Waals surface area (Å²) < 4.78 is 25.7. The van der Waals surface area contributed by atoms with Crippen molar-refractivity contribution in [3.8, 4) is 0 Å². The predicted octanol–water partition coefficient (Wildman–Crippen LogP) is 1.51. The van der Waals surface area contributed by atoms with Crippen LogP contribution in [0.25, 0.3) is 0 Å². The summed E-state index contributed by atoms with van der Waals surface area (Å²) in [5.41, 5.74) is 3.31. The van der Waals surface area contributed by atoms with Crippen LogP contribution < -0.4 is 10.0 Å². The summed E-state index contributed by atoms with van der Waals surface area (Å²) in [7, 11) is -3.12. The second-order valence-corrected chi connectivity index (χ2v) is 7.12. The molecule has 0 aliphatic carbocycles. The third-order valence-corrected chi connectivity index (χ3v) is 4.69. The molecule has 0 aliphatic rings. The summed E-state index contributed by atoms with van der Waals surface area (Å²) in [4.78, 5) is 4.31. The Labute approximate surface area is 122 Å². The first kappa shape index (κ1) is 17.1. The number of pyridine rings is 1. The van der Waals surface area contributed by atoms with E-state index in [1.165, 1.54) is 5.56 Å². The van der Waals surface area contributed by atoms with Crippen molar-refractivity contribution in [3.05, 3.63) is 29.1 Å². The molecule has 0 aromatic carbocycles. The molecule has 0 bridgehead atoms. The van der Waals surface area contributed by atoms with E-state index in [0.29, 0.717) is 19.5 Å². The molecule has 0 fully saturated rings. The minimum absolute atomic E-state index is 0.0724. The molecule has 1 aromatic heterocycles. The number of hydrogen-bond donors (Lipinski definition) is 2. The summed E-state index contributed by atoms with van der Waals surface area (Å²) in [5.74, 6) is 0.181. The largest absolute Gasteiger partial charge is 0.309 e. The number of rotatable bonds is 8. The van der Waals surface area contributed by atoms with Crippen molar-refractivity contribution in [2.75, 3.05) is 12.3 Å². The molecule has 1 rings (SSSR count). The molecule has 0 unspecified atom stereocenters. The summed E-state index contributed by atoms with van der Waals surface area (Å²) in [5, 5.41) is 3.29. The van der Waals surface area contributed by atoms with Crippen LogP contribution in [0.4, 0.5) is 0 Å². The fraction of sp³-hybridized carbons (Fsp3) is 0.643. The lowest BCUT2D eigenvalue weighted by Crippen LogP contribution is -2.39. The molecular formula is C14H25N3O2S. The lowest BCUT2D eigenvalue weighted by molar-refractivity contribution is 0.523. The monoisotopic (exact) mass is 299 g/mol. The van der Waals surface area contributed by atoms with Gasteiger partial charge in [0, 0.05) is 31.0 Å². The Morgan fingerprint density at radius 1 is 1.35 bits per heavy atom. The highest BCUT2D eigenvalue weighted by atomic mass is 32.2. The number of hydrogen-bond acceptors (Lipinski definition) is 4. The molecule has 0 saturated heterocycles. The zero-order valence-electron chi connectivity index (χ0n) is 12.7. The molecule has 0 amide bonds. The smallest absolute Gasteiger partial charge is 0.211 e. The van der Waals surface area contributed by atoms with Crippen LogP contribution in [0, 0.1) is 13.8 Å². The third-order valence-electron chi connectivity index (χ3n) is 3.13. The molecule has 20 heavy (non-hydrogen) atoms. The molecule has 1 heterocycles. The second-order valence-electron chi connectivity index (χ2n) is 5.20. The topological polar surface area (TPSA) is 71.1 Å². The minimum Gasteiger partial charge on any atom is -0.309 e. The Hall–Kier alpha value is -0.980. The molecule has 0 radical (unpaired) electrons. The molecule has 1 aromatic rings. The first-order valence-corrected chi connectivity index (χ1v) is 8.62. The van der Waals surface area contributed by atoms with Gasteiger partial charge in [-0.1, -0.05) is 13.0 Å². The molecule has 0 spiro atoms. The van der Waals surface area contributed by atoms with Gasteiger partial charge in [0.2, 0.25) is 10.0 Å². The summed E-state index contributed by atoms with van der Waals surface area (Å²) in [6.07, 6.45) is 2.48. The maximum absolute atomic E-state index is 11.5. The fourth-order valence-electron chi connectivity index (χ4n) is 1.76. The highest BCUT2D eigenvalue weighted by Gasteiger charge is 2.10. The van der Waals surface area contributed by atoms with Crippen LogP contribution in [0.15, 0.2) is 12.3 Å². The molecule has 0 saturated carbocycles. The maximum atomic E-state index is 11.5. The Morgan fingerprint density at radius 2 is 2.05 bits per heavy atom. The van der Waals surface area contributed by atoms with Crippen LogP contribution in [0.1, 0.15) is 37.1 Å². The number of nitrogens with one attached hydrogen (secondary N) is 2. The third kappa shape index (κ3) is 5.98. The van der Waals surface area contributed by atoms with Crippen LogP contribution in [-0.2, 0) is 16.6 Å². The van der Waals surface area contributed by atoms with E-state index in [4.69, 9.17) is 0 Å². The van der Waals surface area contributed by atoms with Gasteiger partial charge in [-0.2, -0.15) is 0 Å². The average Bonchev–Trinajstić information content (AvgIpc) is 2.38. The molecule has 0 aliphatic heterocycles. The van der Waals surface area contributed by atoms with Crippen molar-refractivity contribution in [2.24, 2.45) is 0 Å². The molecule has 1 atom stereocenters. The standard InChI is InChI=1S/C14H25N3O2S/c1-5-6-20(18,19)17-8-12(3)15-9-14-7-11(2)13(4)16-10-14/h7,10,12,15,17H,5-6,8-9H2,1-4H3/t12-/m1/s1. The lowest BCUT2D eigenvalue weighted by Gasteiger charge is -2.15. The van der Waals surface area contributed by atoms with Crippen LogP contribution in [0.5, 0.6) is 0 Å². The number of nitrogens with zero attached hydrogens (tertiary/aromatic N) is 1. The Balaban J connectivity index is 2.39. The average molecular weight is 299 g/mol. The van der Waals surface area contributed by atoms with E-state index in [1.807, 2.05) is 33.9 Å². The minimum atomic E-state index is -3.12. The number of aromatic nitrogens is 1. The van der Waals surface area contributed by atoms with E-state index in [9.17, 15) is 8.42 Å². The van der Waals surface area contributed by atoms with Gasteiger partial charge in [-0.15, -0.1) is 0 Å². The second kappa shape index (κ2) is 7.71. The van der Waals surface area contributed by atoms with Crippen molar-refractivity contribution < 1.29 is 8.42 Å². The van der Waals surface area contributed by atoms with Crippen molar-refractivity contribution in [3.63, 3.8) is 0 Å². The van der Waals surface area contributed by atoms with Crippen molar-refractivity contribution in [1.82, 2.24) is 15.0 Å². The van der Waals surface area contributed by atoms with Crippen LogP contribution in [-0.4, -0.2) is 31.7 Å². The predicted molar refractivity (Wildman–Crippen MR) is 82.1 cm³/mol. The molecular weight excluding hydrogens is 274 g/mol. The van der Waals surface area contributed by atoms with Crippen molar-refractivity contribution in [1.29, 1.82) is 0 Å². The fourth-order valence-corrected chi connectivity index (χ4v) is 2.94. The van der Waals surface area contributed by atoms with Gasteiger partial charge >= 0.3 is 0 Å². The van der Waals surface area contributed by atoms with Gasteiger partial charge in [0.15, 0.2) is 0 Å². The van der Waals surface area contributed by atoms with Gasteiger partial charge in [-0.05, 0) is 38.3 Å². The van der Waals surface area contributed by atoms with Crippen LogP contribution in [0.3, 0.4) is 0 Å². The first-order valence-electron chi connectivity index (χ1n) is 6.97. The van der Waals surface area contributed by atoms with Gasteiger partial charge in [0.1, 0.15) is 0 Å². The van der Waals surface area contributed by atoms with Gasteiger partial charge in [-0.25, -0.2) is 13.1 Å². The zero-order valence-corrected chi connectivity index (χ0v) is 13.5. The van der Waals surface area contributed by atoms with E-state index in [0.717, 1.165) is 11.3 Å². The van der Waals surface area contributed by atoms with E-state index in [-0.39, 0.29) is 11.8 Å². The van der Waals surface area contributed by atoms with Crippen molar-refractivity contribution in [2.45, 2.75) is 46.7 Å². The number of sulfonamides is 1. The van der Waals surface area contributed by atoms with E-state index >= 15 is 0 Å². The molecule has 6 heteroatoms. The van der Waals surface area contributed by atoms with Crippen molar-refractivity contribution >= 4 is 10.0 Å². The van der Waals surface area contributed by atoms with E-state index < -0.39 is 10.0 Å². The SMILES string of the molecule is CCCS(=O)(=O)NC[C@@H](C)NCc1cnc(C)c(C)c1. The lowest BCUT2D eigenvalue weighted by atomic mass is 10.1. The summed E-state index contributed by atoms with van der Waals surface area (Å²) >= 11 is 0. The van der Waals surface area contributed by atoms with E-state index in [1.54, 1.807) is 0 Å². The summed E-state index contributed by atoms with van der Waals surface area (Å²) in [6.45, 7) is 8.92. The van der Waals surface area contributed by atoms with Gasteiger partial charge < -0.3 is 5.32 Å². The van der Waals surface area contributed by atoms with Crippen LogP contribution >= 0.6 is 0 Å². The number of aryl methyl sites for hydroxylation is 2. The highest BCUT2D eigenvalue weighted by Crippen LogP contribution is 2.06. The Bertz CT molecular complexity index is 529.